The highest BCUT2D eigenvalue weighted by molar-refractivity contribution is 5.88. The van der Waals surface area contributed by atoms with E-state index in [1.54, 1.807) is 13.8 Å². The van der Waals surface area contributed by atoms with Gasteiger partial charge in [-0.25, -0.2) is 0 Å². The van der Waals surface area contributed by atoms with Crippen LogP contribution in [0.4, 0.5) is 0 Å². The van der Waals surface area contributed by atoms with E-state index < -0.39 is 23.8 Å². The van der Waals surface area contributed by atoms with Gasteiger partial charge in [-0.1, -0.05) is 6.92 Å². The molecule has 3 N–H and O–H groups in total. The first-order valence-electron chi connectivity index (χ1n) is 6.79. The topological polar surface area (TPSA) is 108 Å². The maximum Gasteiger partial charge on any atom is 0.308 e. The first-order valence-corrected chi connectivity index (χ1v) is 6.79. The normalized spacial score (nSPS) is 21.0. The molecular weight excluding hydrogens is 264 g/mol. The monoisotopic (exact) mass is 286 g/mol. The van der Waals surface area contributed by atoms with Crippen molar-refractivity contribution in [2.24, 2.45) is 17.6 Å². The van der Waals surface area contributed by atoms with Crippen molar-refractivity contribution in [2.45, 2.75) is 32.7 Å². The van der Waals surface area contributed by atoms with Crippen molar-refractivity contribution in [2.75, 3.05) is 19.8 Å². The van der Waals surface area contributed by atoms with Gasteiger partial charge in [0, 0.05) is 6.61 Å². The second-order valence-corrected chi connectivity index (χ2v) is 4.91. The molecule has 0 aromatic rings. The minimum absolute atomic E-state index is 0.132. The Morgan fingerprint density at radius 1 is 1.45 bits per heavy atom. The summed E-state index contributed by atoms with van der Waals surface area (Å²) in [6.45, 7) is 4.51. The van der Waals surface area contributed by atoms with E-state index in [0.717, 1.165) is 0 Å². The lowest BCUT2D eigenvalue weighted by Crippen LogP contribution is -2.48. The maximum atomic E-state index is 11.9. The Morgan fingerprint density at radius 3 is 2.65 bits per heavy atom. The van der Waals surface area contributed by atoms with Crippen molar-refractivity contribution in [1.82, 2.24) is 5.32 Å². The number of hydrogen-bond acceptors (Lipinski definition) is 5. The van der Waals surface area contributed by atoms with Gasteiger partial charge in [0.05, 0.1) is 25.0 Å². The van der Waals surface area contributed by atoms with Gasteiger partial charge in [0.2, 0.25) is 11.8 Å². The summed E-state index contributed by atoms with van der Waals surface area (Å²) in [5, 5.41) is 2.59. The van der Waals surface area contributed by atoms with E-state index in [9.17, 15) is 14.4 Å². The zero-order chi connectivity index (χ0) is 15.1. The van der Waals surface area contributed by atoms with E-state index in [4.69, 9.17) is 15.2 Å². The van der Waals surface area contributed by atoms with Crippen molar-refractivity contribution >= 4 is 17.8 Å². The number of primary amides is 1. The molecule has 1 rings (SSSR count). The number of carbonyl (C=O) groups excluding carboxylic acids is 3. The van der Waals surface area contributed by atoms with Crippen LogP contribution in [0.1, 0.15) is 26.7 Å². The molecule has 20 heavy (non-hydrogen) atoms. The SMILES string of the molecule is CCOC(=O)[C@H](C)C[C@H](NC(=O)[C@H]1CCOC1)C(N)=O. The number of carbonyl (C=O) groups is 3. The first-order chi connectivity index (χ1) is 9.45. The van der Waals surface area contributed by atoms with Crippen LogP contribution in [0.15, 0.2) is 0 Å². The third kappa shape index (κ3) is 4.80. The first kappa shape index (κ1) is 16.4. The maximum absolute atomic E-state index is 11.9. The molecule has 1 aliphatic heterocycles. The van der Waals surface area contributed by atoms with Crippen LogP contribution < -0.4 is 11.1 Å². The van der Waals surface area contributed by atoms with Crippen molar-refractivity contribution < 1.29 is 23.9 Å². The second-order valence-electron chi connectivity index (χ2n) is 4.91. The number of amides is 2. The molecule has 0 spiro atoms. The summed E-state index contributed by atoms with van der Waals surface area (Å²) in [5.74, 6) is -2.09. The number of ether oxygens (including phenoxy) is 2. The highest BCUT2D eigenvalue weighted by atomic mass is 16.5. The molecule has 0 aromatic carbocycles. The second kappa shape index (κ2) is 7.84. The van der Waals surface area contributed by atoms with Gasteiger partial charge >= 0.3 is 5.97 Å². The lowest BCUT2D eigenvalue weighted by atomic mass is 10.00. The Balaban J connectivity index is 2.53. The molecule has 114 valence electrons. The van der Waals surface area contributed by atoms with E-state index in [0.29, 0.717) is 19.6 Å². The molecular formula is C13H22N2O5. The number of rotatable bonds is 7. The lowest BCUT2D eigenvalue weighted by molar-refractivity contribution is -0.148. The van der Waals surface area contributed by atoms with E-state index in [1.165, 1.54) is 0 Å². The number of nitrogens with one attached hydrogen (secondary N) is 1. The summed E-state index contributed by atoms with van der Waals surface area (Å²) in [6, 6.07) is -0.873. The molecule has 1 aliphatic rings. The van der Waals surface area contributed by atoms with Gasteiger partial charge in [-0.15, -0.1) is 0 Å². The molecule has 0 bridgehead atoms. The number of nitrogens with two attached hydrogens (primary N) is 1. The third-order valence-corrected chi connectivity index (χ3v) is 3.24. The molecule has 0 radical (unpaired) electrons. The van der Waals surface area contributed by atoms with Crippen LogP contribution in [0.3, 0.4) is 0 Å². The molecule has 0 unspecified atom stereocenters. The fourth-order valence-electron chi connectivity index (χ4n) is 2.01. The predicted molar refractivity (Wildman–Crippen MR) is 70.5 cm³/mol. The van der Waals surface area contributed by atoms with Crippen molar-refractivity contribution in [3.63, 3.8) is 0 Å². The van der Waals surface area contributed by atoms with Gasteiger partial charge in [0.15, 0.2) is 0 Å². The van der Waals surface area contributed by atoms with Crippen LogP contribution in [-0.4, -0.2) is 43.6 Å². The summed E-state index contributed by atoms with van der Waals surface area (Å²) in [7, 11) is 0. The summed E-state index contributed by atoms with van der Waals surface area (Å²) in [5.41, 5.74) is 5.27. The summed E-state index contributed by atoms with van der Waals surface area (Å²) < 4.78 is 9.99. The summed E-state index contributed by atoms with van der Waals surface area (Å²) in [4.78, 5) is 34.8. The zero-order valence-electron chi connectivity index (χ0n) is 11.9. The lowest BCUT2D eigenvalue weighted by Gasteiger charge is -2.20. The van der Waals surface area contributed by atoms with Crippen LogP contribution in [-0.2, 0) is 23.9 Å². The van der Waals surface area contributed by atoms with Crippen LogP contribution in [0, 0.1) is 11.8 Å². The Kier molecular flexibility index (Phi) is 6.44. The van der Waals surface area contributed by atoms with Crippen molar-refractivity contribution in [1.29, 1.82) is 0 Å². The van der Waals surface area contributed by atoms with Gasteiger partial charge in [-0.05, 0) is 19.8 Å². The largest absolute Gasteiger partial charge is 0.466 e. The smallest absolute Gasteiger partial charge is 0.308 e. The molecule has 2 amide bonds. The molecule has 0 saturated carbocycles. The van der Waals surface area contributed by atoms with Crippen LogP contribution >= 0.6 is 0 Å². The molecule has 3 atom stereocenters. The Hall–Kier alpha value is -1.63. The zero-order valence-corrected chi connectivity index (χ0v) is 11.9. The molecule has 7 nitrogen and oxygen atoms in total. The summed E-state index contributed by atoms with van der Waals surface area (Å²) in [6.07, 6.45) is 0.762. The Labute approximate surface area is 118 Å². The fraction of sp³-hybridized carbons (Fsp3) is 0.769. The molecule has 0 aromatic heterocycles. The Bertz CT molecular complexity index is 366. The van der Waals surface area contributed by atoms with E-state index >= 15 is 0 Å². The van der Waals surface area contributed by atoms with E-state index in [1.807, 2.05) is 0 Å². The minimum Gasteiger partial charge on any atom is -0.466 e. The molecule has 1 saturated heterocycles. The highest BCUT2D eigenvalue weighted by Crippen LogP contribution is 2.14. The van der Waals surface area contributed by atoms with Gasteiger partial charge in [-0.3, -0.25) is 14.4 Å². The van der Waals surface area contributed by atoms with Gasteiger partial charge in [0.25, 0.3) is 0 Å². The molecule has 0 aliphatic carbocycles. The van der Waals surface area contributed by atoms with Crippen molar-refractivity contribution in [3.05, 3.63) is 0 Å². The Morgan fingerprint density at radius 2 is 2.15 bits per heavy atom. The van der Waals surface area contributed by atoms with Crippen LogP contribution in [0.2, 0.25) is 0 Å². The quantitative estimate of drug-likeness (QED) is 0.618. The standard InChI is InChI=1S/C13H22N2O5/c1-3-20-13(18)8(2)6-10(11(14)16)15-12(17)9-4-5-19-7-9/h8-10H,3-7H2,1-2H3,(H2,14,16)(H,15,17)/t8-,9+,10+/m1/s1. The third-order valence-electron chi connectivity index (χ3n) is 3.24. The average molecular weight is 286 g/mol. The fourth-order valence-corrected chi connectivity index (χ4v) is 2.01. The minimum atomic E-state index is -0.873. The number of esters is 1. The highest BCUT2D eigenvalue weighted by Gasteiger charge is 2.29. The number of hydrogen-bond donors (Lipinski definition) is 2. The molecule has 7 heteroatoms. The summed E-state index contributed by atoms with van der Waals surface area (Å²) >= 11 is 0. The predicted octanol–water partition coefficient (Wildman–Crippen LogP) is -0.418. The molecule has 1 fully saturated rings. The van der Waals surface area contributed by atoms with Crippen molar-refractivity contribution in [3.8, 4) is 0 Å². The average Bonchev–Trinajstić information content (AvgIpc) is 2.91. The van der Waals surface area contributed by atoms with E-state index in [-0.39, 0.29) is 24.9 Å². The van der Waals surface area contributed by atoms with Crippen LogP contribution in [0.25, 0.3) is 0 Å². The van der Waals surface area contributed by atoms with Gasteiger partial charge in [0.1, 0.15) is 6.04 Å². The molecule has 1 heterocycles. The van der Waals surface area contributed by atoms with E-state index in [2.05, 4.69) is 5.32 Å². The van der Waals surface area contributed by atoms with Crippen LogP contribution in [0.5, 0.6) is 0 Å². The van der Waals surface area contributed by atoms with Gasteiger partial charge in [-0.2, -0.15) is 0 Å². The van der Waals surface area contributed by atoms with Gasteiger partial charge < -0.3 is 20.5 Å².